The van der Waals surface area contributed by atoms with Crippen LogP contribution in [0.25, 0.3) is 22.4 Å². The number of hydrogen-bond acceptors (Lipinski definition) is 2. The lowest BCUT2D eigenvalue weighted by atomic mass is 10.3. The van der Waals surface area contributed by atoms with Crippen molar-refractivity contribution >= 4 is 33.6 Å². The van der Waals surface area contributed by atoms with E-state index in [4.69, 9.17) is 0 Å². The van der Waals surface area contributed by atoms with E-state index in [1.807, 2.05) is 12.1 Å². The maximum atomic E-state index is 4.56. The second kappa shape index (κ2) is 3.86. The van der Waals surface area contributed by atoms with Crippen LogP contribution < -0.4 is 0 Å². The molecule has 0 aliphatic rings. The molecule has 0 radical (unpaired) electrons. The Kier molecular flexibility index (Phi) is 2.36. The summed E-state index contributed by atoms with van der Waals surface area (Å²) in [6, 6.07) is 10.1. The van der Waals surface area contributed by atoms with Gasteiger partial charge in [0.1, 0.15) is 5.82 Å². The molecule has 78 valence electrons. The first-order valence-electron chi connectivity index (χ1n) is 4.88. The number of benzene rings is 1. The van der Waals surface area contributed by atoms with Gasteiger partial charge in [-0.25, -0.2) is 4.98 Å². The van der Waals surface area contributed by atoms with Crippen molar-refractivity contribution in [2.24, 2.45) is 0 Å². The summed E-state index contributed by atoms with van der Waals surface area (Å²) in [5.74, 6) is 0.888. The second-order valence-electron chi connectivity index (χ2n) is 3.48. The van der Waals surface area contributed by atoms with Crippen LogP contribution in [0.2, 0.25) is 0 Å². The van der Waals surface area contributed by atoms with Crippen LogP contribution in [0.3, 0.4) is 0 Å². The summed E-state index contributed by atoms with van der Waals surface area (Å²) in [5, 5.41) is 0. The predicted molar refractivity (Wildman–Crippen MR) is 72.0 cm³/mol. The number of imidazole rings is 1. The van der Waals surface area contributed by atoms with Crippen LogP contribution in [-0.2, 0) is 0 Å². The van der Waals surface area contributed by atoms with Gasteiger partial charge in [-0.05, 0) is 52.9 Å². The molecule has 0 aliphatic heterocycles. The lowest BCUT2D eigenvalue weighted by molar-refractivity contribution is 1.28. The molecule has 4 heteroatoms. The molecule has 1 N–H and O–H groups in total. The van der Waals surface area contributed by atoms with Crippen LogP contribution in [0.15, 0.2) is 42.7 Å². The molecule has 0 aliphatic carbocycles. The normalized spacial score (nSPS) is 10.8. The molecule has 0 bridgehead atoms. The summed E-state index contributed by atoms with van der Waals surface area (Å²) >= 11 is 2.29. The van der Waals surface area contributed by atoms with Gasteiger partial charge in [-0.1, -0.05) is 0 Å². The summed E-state index contributed by atoms with van der Waals surface area (Å²) in [6.07, 6.45) is 3.54. The first kappa shape index (κ1) is 9.77. The lowest BCUT2D eigenvalue weighted by Crippen LogP contribution is -1.79. The fourth-order valence-corrected chi connectivity index (χ4v) is 2.10. The fourth-order valence-electron chi connectivity index (χ4n) is 1.63. The van der Waals surface area contributed by atoms with E-state index in [0.717, 1.165) is 22.4 Å². The van der Waals surface area contributed by atoms with Crippen LogP contribution in [0.1, 0.15) is 0 Å². The van der Waals surface area contributed by atoms with Crippen molar-refractivity contribution in [1.29, 1.82) is 0 Å². The third kappa shape index (κ3) is 1.69. The standard InChI is InChI=1S/C12H8IN3/c13-9-1-2-10-11(7-9)16-12(15-10)8-3-5-14-6-4-8/h1-7H,(H,15,16). The van der Waals surface area contributed by atoms with Crippen molar-refractivity contribution in [3.8, 4) is 11.4 Å². The largest absolute Gasteiger partial charge is 0.338 e. The zero-order valence-corrected chi connectivity index (χ0v) is 10.5. The van der Waals surface area contributed by atoms with Crippen LogP contribution in [0.4, 0.5) is 0 Å². The smallest absolute Gasteiger partial charge is 0.138 e. The number of rotatable bonds is 1. The van der Waals surface area contributed by atoms with Crippen LogP contribution in [0, 0.1) is 3.57 Å². The van der Waals surface area contributed by atoms with Crippen LogP contribution in [0.5, 0.6) is 0 Å². The van der Waals surface area contributed by atoms with Crippen molar-refractivity contribution in [2.75, 3.05) is 0 Å². The Morgan fingerprint density at radius 1 is 1.06 bits per heavy atom. The average Bonchev–Trinajstić information content (AvgIpc) is 2.73. The van der Waals surface area contributed by atoms with Crippen molar-refractivity contribution in [3.05, 3.63) is 46.3 Å². The summed E-state index contributed by atoms with van der Waals surface area (Å²) < 4.78 is 1.19. The Hall–Kier alpha value is -1.43. The molecule has 0 saturated carbocycles. The predicted octanol–water partition coefficient (Wildman–Crippen LogP) is 3.23. The van der Waals surface area contributed by atoms with Crippen LogP contribution >= 0.6 is 22.6 Å². The molecular formula is C12H8IN3. The van der Waals surface area contributed by atoms with E-state index in [-0.39, 0.29) is 0 Å². The number of halogens is 1. The minimum absolute atomic E-state index is 0.888. The summed E-state index contributed by atoms with van der Waals surface area (Å²) in [7, 11) is 0. The van der Waals surface area contributed by atoms with Gasteiger partial charge in [-0.3, -0.25) is 4.98 Å². The number of fused-ring (bicyclic) bond motifs is 1. The van der Waals surface area contributed by atoms with Gasteiger partial charge in [-0.15, -0.1) is 0 Å². The van der Waals surface area contributed by atoms with Crippen molar-refractivity contribution < 1.29 is 0 Å². The van der Waals surface area contributed by atoms with Gasteiger partial charge < -0.3 is 4.98 Å². The van der Waals surface area contributed by atoms with Gasteiger partial charge in [0.2, 0.25) is 0 Å². The number of H-pyrrole nitrogens is 1. The monoisotopic (exact) mass is 321 g/mol. The average molecular weight is 321 g/mol. The molecular weight excluding hydrogens is 313 g/mol. The number of nitrogens with one attached hydrogen (secondary N) is 1. The third-order valence-electron chi connectivity index (χ3n) is 2.40. The van der Waals surface area contributed by atoms with Gasteiger partial charge in [0.25, 0.3) is 0 Å². The van der Waals surface area contributed by atoms with Crippen LogP contribution in [-0.4, -0.2) is 15.0 Å². The first-order chi connectivity index (χ1) is 7.83. The second-order valence-corrected chi connectivity index (χ2v) is 4.73. The Morgan fingerprint density at radius 3 is 2.69 bits per heavy atom. The fraction of sp³-hybridized carbons (Fsp3) is 0. The van der Waals surface area contributed by atoms with E-state index in [2.05, 4.69) is 55.7 Å². The van der Waals surface area contributed by atoms with E-state index >= 15 is 0 Å². The maximum absolute atomic E-state index is 4.56. The minimum atomic E-state index is 0.888. The van der Waals surface area contributed by atoms with Gasteiger partial charge in [0.15, 0.2) is 0 Å². The number of hydrogen-bond donors (Lipinski definition) is 1. The molecule has 3 rings (SSSR count). The zero-order valence-electron chi connectivity index (χ0n) is 8.31. The number of aromatic amines is 1. The van der Waals surface area contributed by atoms with E-state index in [9.17, 15) is 0 Å². The van der Waals surface area contributed by atoms with Gasteiger partial charge >= 0.3 is 0 Å². The van der Waals surface area contributed by atoms with Gasteiger partial charge in [0, 0.05) is 21.5 Å². The first-order valence-corrected chi connectivity index (χ1v) is 5.96. The topological polar surface area (TPSA) is 41.6 Å². The lowest BCUT2D eigenvalue weighted by Gasteiger charge is -1.92. The third-order valence-corrected chi connectivity index (χ3v) is 3.07. The highest BCUT2D eigenvalue weighted by atomic mass is 127. The molecule has 0 fully saturated rings. The number of nitrogens with zero attached hydrogens (tertiary/aromatic N) is 2. The SMILES string of the molecule is Ic1ccc2[nH]c(-c3ccncc3)nc2c1. The highest BCUT2D eigenvalue weighted by Crippen LogP contribution is 2.21. The Morgan fingerprint density at radius 2 is 1.88 bits per heavy atom. The Balaban J connectivity index is 2.19. The molecule has 2 heterocycles. The van der Waals surface area contributed by atoms with Crippen molar-refractivity contribution in [1.82, 2.24) is 15.0 Å². The van der Waals surface area contributed by atoms with Gasteiger partial charge in [0.05, 0.1) is 11.0 Å². The molecule has 1 aromatic carbocycles. The molecule has 2 aromatic heterocycles. The molecule has 0 spiro atoms. The van der Waals surface area contributed by atoms with E-state index in [1.54, 1.807) is 12.4 Å². The van der Waals surface area contributed by atoms with E-state index in [1.165, 1.54) is 3.57 Å². The molecule has 0 unspecified atom stereocenters. The summed E-state index contributed by atoms with van der Waals surface area (Å²) in [4.78, 5) is 11.8. The highest BCUT2D eigenvalue weighted by molar-refractivity contribution is 14.1. The van der Waals surface area contributed by atoms with Crippen molar-refractivity contribution in [2.45, 2.75) is 0 Å². The minimum Gasteiger partial charge on any atom is -0.338 e. The Bertz CT molecular complexity index is 631. The number of aromatic nitrogens is 3. The summed E-state index contributed by atoms with van der Waals surface area (Å²) in [5.41, 5.74) is 3.12. The van der Waals surface area contributed by atoms with E-state index < -0.39 is 0 Å². The Labute approximate surface area is 106 Å². The number of pyridine rings is 1. The molecule has 0 atom stereocenters. The molecule has 3 nitrogen and oxygen atoms in total. The molecule has 3 aromatic rings. The molecule has 16 heavy (non-hydrogen) atoms. The maximum Gasteiger partial charge on any atom is 0.138 e. The van der Waals surface area contributed by atoms with E-state index in [0.29, 0.717) is 0 Å². The molecule has 0 saturated heterocycles. The van der Waals surface area contributed by atoms with Crippen molar-refractivity contribution in [3.63, 3.8) is 0 Å². The quantitative estimate of drug-likeness (QED) is 0.699. The van der Waals surface area contributed by atoms with Gasteiger partial charge in [-0.2, -0.15) is 0 Å². The highest BCUT2D eigenvalue weighted by Gasteiger charge is 2.04. The summed E-state index contributed by atoms with van der Waals surface area (Å²) in [6.45, 7) is 0. The zero-order chi connectivity index (χ0) is 11.0. The molecule has 0 amide bonds.